The Balaban J connectivity index is 0.000000289. The van der Waals surface area contributed by atoms with Gasteiger partial charge in [0.1, 0.15) is 11.5 Å². The highest BCUT2D eigenvalue weighted by molar-refractivity contribution is 6.09. The van der Waals surface area contributed by atoms with E-state index < -0.39 is 0 Å². The summed E-state index contributed by atoms with van der Waals surface area (Å²) in [5, 5.41) is 0. The Bertz CT molecular complexity index is 409. The Labute approximate surface area is 119 Å². The van der Waals surface area contributed by atoms with Crippen LogP contribution in [0, 0.1) is 0 Å². The van der Waals surface area contributed by atoms with Gasteiger partial charge in [0.05, 0.1) is 14.2 Å². The molecule has 0 saturated carbocycles. The number of benzene rings is 2. The van der Waals surface area contributed by atoms with Gasteiger partial charge in [0.2, 0.25) is 0 Å². The van der Waals surface area contributed by atoms with E-state index >= 15 is 0 Å². The van der Waals surface area contributed by atoms with Crippen LogP contribution >= 0.6 is 0 Å². The maximum absolute atomic E-state index is 8.81. The number of para-hydroxylation sites is 2. The molecule has 0 spiro atoms. The molecule has 2 aromatic carbocycles. The van der Waals surface area contributed by atoms with Crippen LogP contribution in [-0.4, -0.2) is 26.8 Å². The molecule has 4 nitrogen and oxygen atoms in total. The van der Waals surface area contributed by atoms with Crippen molar-refractivity contribution in [2.24, 2.45) is 0 Å². The lowest BCUT2D eigenvalue weighted by molar-refractivity contribution is -0.122. The molecule has 0 radical (unpaired) electrons. The zero-order chi connectivity index (χ0) is 15.1. The van der Waals surface area contributed by atoms with Crippen LogP contribution in [0.4, 0.5) is 0 Å². The monoisotopic (exact) mass is 274 g/mol. The molecule has 2 aromatic rings. The van der Waals surface area contributed by atoms with Crippen LogP contribution in [0.2, 0.25) is 0 Å². The first-order valence-corrected chi connectivity index (χ1v) is 5.85. The van der Waals surface area contributed by atoms with Crippen LogP contribution in [-0.2, 0) is 9.59 Å². The molecule has 0 aromatic heterocycles. The lowest BCUT2D eigenvalue weighted by atomic mass is 10.3. The summed E-state index contributed by atoms with van der Waals surface area (Å²) < 4.78 is 9.83. The summed E-state index contributed by atoms with van der Waals surface area (Å²) in [6.45, 7) is 0. The van der Waals surface area contributed by atoms with Crippen LogP contribution in [0.15, 0.2) is 60.7 Å². The molecular formula is C16H18O4. The molecule has 0 heterocycles. The lowest BCUT2D eigenvalue weighted by Crippen LogP contribution is -1.78. The van der Waals surface area contributed by atoms with Crippen LogP contribution in [0.3, 0.4) is 0 Å². The Morgan fingerprint density at radius 3 is 1.10 bits per heavy atom. The molecule has 0 bridgehead atoms. The Morgan fingerprint density at radius 2 is 0.950 bits per heavy atom. The third-order valence-corrected chi connectivity index (χ3v) is 2.01. The van der Waals surface area contributed by atoms with E-state index in [4.69, 9.17) is 19.1 Å². The van der Waals surface area contributed by atoms with E-state index in [9.17, 15) is 0 Å². The minimum atomic E-state index is 0.194. The smallest absolute Gasteiger partial charge is 0.182 e. The molecule has 106 valence electrons. The summed E-state index contributed by atoms with van der Waals surface area (Å²) >= 11 is 0. The van der Waals surface area contributed by atoms with Crippen molar-refractivity contribution in [1.82, 2.24) is 0 Å². The molecule has 2 rings (SSSR count). The van der Waals surface area contributed by atoms with Crippen molar-refractivity contribution in [2.45, 2.75) is 0 Å². The van der Waals surface area contributed by atoms with Crippen molar-refractivity contribution < 1.29 is 19.1 Å². The maximum Gasteiger partial charge on any atom is 0.182 e. The second-order valence-corrected chi connectivity index (χ2v) is 3.31. The third kappa shape index (κ3) is 9.41. The minimum Gasteiger partial charge on any atom is -0.497 e. The molecule has 0 unspecified atom stereocenters. The van der Waals surface area contributed by atoms with Gasteiger partial charge < -0.3 is 9.47 Å². The number of aldehydes is 2. The van der Waals surface area contributed by atoms with Gasteiger partial charge in [-0.05, 0) is 24.3 Å². The van der Waals surface area contributed by atoms with E-state index in [-0.39, 0.29) is 12.6 Å². The number of carbonyl (C=O) groups is 2. The number of methoxy groups -OCH3 is 2. The predicted octanol–water partition coefficient (Wildman–Crippen LogP) is 2.77. The van der Waals surface area contributed by atoms with Crippen LogP contribution in [0.5, 0.6) is 11.5 Å². The van der Waals surface area contributed by atoms with Crippen LogP contribution < -0.4 is 9.47 Å². The molecule has 0 atom stereocenters. The van der Waals surface area contributed by atoms with Gasteiger partial charge in [0, 0.05) is 0 Å². The van der Waals surface area contributed by atoms with Gasteiger partial charge in [0.25, 0.3) is 0 Å². The van der Waals surface area contributed by atoms with Crippen LogP contribution in [0.25, 0.3) is 0 Å². The standard InChI is InChI=1S/2C7H8O.C2H2O2/c2*1-8-7-5-3-2-4-6-7;3-1-2-4/h2*2-6H,1H3;1-2H. The summed E-state index contributed by atoms with van der Waals surface area (Å²) in [4.78, 5) is 17.6. The fourth-order valence-electron chi connectivity index (χ4n) is 1.11. The highest BCUT2D eigenvalue weighted by Gasteiger charge is 1.80. The van der Waals surface area contributed by atoms with E-state index in [1.165, 1.54) is 0 Å². The van der Waals surface area contributed by atoms with E-state index in [1.807, 2.05) is 60.7 Å². The van der Waals surface area contributed by atoms with Crippen molar-refractivity contribution in [1.29, 1.82) is 0 Å². The van der Waals surface area contributed by atoms with E-state index in [0.29, 0.717) is 0 Å². The summed E-state index contributed by atoms with van der Waals surface area (Å²) in [5.41, 5.74) is 0. The van der Waals surface area contributed by atoms with Gasteiger partial charge in [-0.3, -0.25) is 9.59 Å². The number of ether oxygens (including phenoxy) is 2. The van der Waals surface area contributed by atoms with E-state index in [0.717, 1.165) is 11.5 Å². The van der Waals surface area contributed by atoms with Crippen molar-refractivity contribution in [3.63, 3.8) is 0 Å². The largest absolute Gasteiger partial charge is 0.497 e. The molecule has 0 aliphatic carbocycles. The maximum atomic E-state index is 8.81. The molecule has 20 heavy (non-hydrogen) atoms. The number of hydrogen-bond acceptors (Lipinski definition) is 4. The predicted molar refractivity (Wildman–Crippen MR) is 78.1 cm³/mol. The zero-order valence-corrected chi connectivity index (χ0v) is 11.6. The highest BCUT2D eigenvalue weighted by Crippen LogP contribution is 2.06. The van der Waals surface area contributed by atoms with Crippen LogP contribution in [0.1, 0.15) is 0 Å². The molecule has 0 saturated heterocycles. The topological polar surface area (TPSA) is 52.6 Å². The Morgan fingerprint density at radius 1 is 0.650 bits per heavy atom. The fraction of sp³-hybridized carbons (Fsp3) is 0.125. The van der Waals surface area contributed by atoms with E-state index in [1.54, 1.807) is 14.2 Å². The van der Waals surface area contributed by atoms with Gasteiger partial charge in [0.15, 0.2) is 12.6 Å². The summed E-state index contributed by atoms with van der Waals surface area (Å²) in [5.74, 6) is 1.82. The van der Waals surface area contributed by atoms with Crippen molar-refractivity contribution in [3.8, 4) is 11.5 Å². The fourth-order valence-corrected chi connectivity index (χ4v) is 1.11. The molecule has 0 aliphatic heterocycles. The van der Waals surface area contributed by atoms with E-state index in [2.05, 4.69) is 0 Å². The molecule has 4 heteroatoms. The lowest BCUT2D eigenvalue weighted by Gasteiger charge is -1.93. The molecular weight excluding hydrogens is 256 g/mol. The first-order chi connectivity index (χ1) is 9.78. The molecule has 0 N–H and O–H groups in total. The summed E-state index contributed by atoms with van der Waals surface area (Å²) in [7, 11) is 3.32. The highest BCUT2D eigenvalue weighted by atomic mass is 16.5. The number of carbonyl (C=O) groups excluding carboxylic acids is 2. The van der Waals surface area contributed by atoms with Gasteiger partial charge in [-0.15, -0.1) is 0 Å². The minimum absolute atomic E-state index is 0.194. The third-order valence-electron chi connectivity index (χ3n) is 2.01. The average Bonchev–Trinajstić information content (AvgIpc) is 2.57. The van der Waals surface area contributed by atoms with Gasteiger partial charge in [-0.2, -0.15) is 0 Å². The summed E-state index contributed by atoms with van der Waals surface area (Å²) in [6, 6.07) is 19.4. The molecule has 0 fully saturated rings. The summed E-state index contributed by atoms with van der Waals surface area (Å²) in [6.07, 6.45) is 0.389. The Kier molecular flexibility index (Phi) is 11.1. The normalized spacial score (nSPS) is 7.90. The first kappa shape index (κ1) is 17.4. The van der Waals surface area contributed by atoms with Crippen molar-refractivity contribution in [2.75, 3.05) is 14.2 Å². The van der Waals surface area contributed by atoms with Gasteiger partial charge >= 0.3 is 0 Å². The second-order valence-electron chi connectivity index (χ2n) is 3.31. The van der Waals surface area contributed by atoms with Crippen molar-refractivity contribution in [3.05, 3.63) is 60.7 Å². The molecule has 0 amide bonds. The number of hydrogen-bond donors (Lipinski definition) is 0. The quantitative estimate of drug-likeness (QED) is 0.638. The van der Waals surface area contributed by atoms with Crippen molar-refractivity contribution >= 4 is 12.6 Å². The number of rotatable bonds is 3. The van der Waals surface area contributed by atoms with Gasteiger partial charge in [-0.1, -0.05) is 36.4 Å². The first-order valence-electron chi connectivity index (χ1n) is 5.85. The SMILES string of the molecule is COc1ccccc1.COc1ccccc1.O=CC=O. The average molecular weight is 274 g/mol. The second kappa shape index (κ2) is 12.8. The molecule has 0 aliphatic rings. The van der Waals surface area contributed by atoms with Gasteiger partial charge in [-0.25, -0.2) is 0 Å². The Hall–Kier alpha value is -2.62. The zero-order valence-electron chi connectivity index (χ0n) is 11.6.